The van der Waals surface area contributed by atoms with E-state index in [9.17, 15) is 9.59 Å². The van der Waals surface area contributed by atoms with E-state index in [-0.39, 0.29) is 12.4 Å². The lowest BCUT2D eigenvalue weighted by Crippen LogP contribution is -2.29. The molecule has 0 aliphatic heterocycles. The number of hydrogen-bond acceptors (Lipinski definition) is 8. The summed E-state index contributed by atoms with van der Waals surface area (Å²) in [6.07, 6.45) is 1.35. The molecule has 0 fully saturated rings. The van der Waals surface area contributed by atoms with E-state index < -0.39 is 11.9 Å². The zero-order valence-corrected chi connectivity index (χ0v) is 15.7. The van der Waals surface area contributed by atoms with E-state index in [1.807, 2.05) is 0 Å². The fourth-order valence-electron chi connectivity index (χ4n) is 2.17. The van der Waals surface area contributed by atoms with Crippen LogP contribution in [0, 0.1) is 6.92 Å². The molecule has 3 rings (SSSR count). The number of nitrogens with one attached hydrogen (secondary N) is 2. The van der Waals surface area contributed by atoms with Gasteiger partial charge < -0.3 is 9.15 Å². The maximum atomic E-state index is 12.0. The van der Waals surface area contributed by atoms with Crippen molar-refractivity contribution < 1.29 is 18.7 Å². The first-order valence-electron chi connectivity index (χ1n) is 7.24. The van der Waals surface area contributed by atoms with Crippen molar-refractivity contribution in [3.8, 4) is 0 Å². The summed E-state index contributed by atoms with van der Waals surface area (Å²) in [5.74, 6) is -0.346. The van der Waals surface area contributed by atoms with Crippen molar-refractivity contribution in [1.82, 2.24) is 15.4 Å². The molecule has 0 saturated carbocycles. The minimum Gasteiger partial charge on any atom is -0.462 e. The molecule has 1 amide bonds. The van der Waals surface area contributed by atoms with Gasteiger partial charge in [0.1, 0.15) is 16.0 Å². The number of amides is 1. The van der Waals surface area contributed by atoms with E-state index in [0.29, 0.717) is 31.1 Å². The summed E-state index contributed by atoms with van der Waals surface area (Å²) >= 11 is 4.35. The third-order valence-electron chi connectivity index (χ3n) is 3.28. The first kappa shape index (κ1) is 17.4. The van der Waals surface area contributed by atoms with Gasteiger partial charge in [-0.15, -0.1) is 11.3 Å². The summed E-state index contributed by atoms with van der Waals surface area (Å²) in [5.41, 5.74) is 5.95. The molecule has 0 radical (unpaired) electrons. The number of aromatic nitrogens is 2. The Morgan fingerprint density at radius 1 is 1.36 bits per heavy atom. The van der Waals surface area contributed by atoms with Crippen LogP contribution in [0.25, 0.3) is 10.2 Å². The number of thiophene rings is 1. The zero-order valence-electron chi connectivity index (χ0n) is 13.3. The van der Waals surface area contributed by atoms with Crippen LogP contribution in [0.1, 0.15) is 32.7 Å². The fraction of sp³-hybridized carbons (Fsp3) is 0.200. The predicted molar refractivity (Wildman–Crippen MR) is 95.6 cm³/mol. The van der Waals surface area contributed by atoms with Crippen LogP contribution in [-0.2, 0) is 4.74 Å². The second kappa shape index (κ2) is 7.19. The molecular formula is C15H13BrN4O4S. The van der Waals surface area contributed by atoms with Crippen LogP contribution in [0.3, 0.4) is 0 Å². The summed E-state index contributed by atoms with van der Waals surface area (Å²) in [5, 5.41) is 0.650. The number of aryl methyl sites for hydroxylation is 1. The molecule has 2 N–H and O–H groups in total. The largest absolute Gasteiger partial charge is 0.462 e. The zero-order chi connectivity index (χ0) is 18.0. The standard InChI is InChI=1S/C15H13BrN4O4S/c1-3-23-15(22)11-7(2)10-12(17-6-18-14(10)25-11)19-20-13(21)8-4-5-9(16)24-8/h4-6H,3H2,1-2H3,(H,20,21)(H,17,18,19). The molecule has 0 spiro atoms. The van der Waals surface area contributed by atoms with Crippen molar-refractivity contribution >= 4 is 55.2 Å². The number of nitrogens with zero attached hydrogens (tertiary/aromatic N) is 2. The normalized spacial score (nSPS) is 10.7. The second-order valence-electron chi connectivity index (χ2n) is 4.86. The molecule has 0 unspecified atom stereocenters. The smallest absolute Gasteiger partial charge is 0.348 e. The molecule has 8 nitrogen and oxygen atoms in total. The van der Waals surface area contributed by atoms with E-state index in [4.69, 9.17) is 9.15 Å². The minimum atomic E-state index is -0.462. The van der Waals surface area contributed by atoms with Gasteiger partial charge in [-0.2, -0.15) is 0 Å². The Morgan fingerprint density at radius 3 is 2.84 bits per heavy atom. The highest BCUT2D eigenvalue weighted by Crippen LogP contribution is 2.33. The summed E-state index contributed by atoms with van der Waals surface area (Å²) in [7, 11) is 0. The lowest BCUT2D eigenvalue weighted by atomic mass is 10.2. The van der Waals surface area contributed by atoms with Gasteiger partial charge in [-0.05, 0) is 47.5 Å². The molecule has 0 aliphatic rings. The molecule has 25 heavy (non-hydrogen) atoms. The lowest BCUT2D eigenvalue weighted by molar-refractivity contribution is 0.0531. The van der Waals surface area contributed by atoms with Crippen LogP contribution >= 0.6 is 27.3 Å². The molecular weight excluding hydrogens is 412 g/mol. The van der Waals surface area contributed by atoms with Gasteiger partial charge in [-0.3, -0.25) is 15.6 Å². The van der Waals surface area contributed by atoms with Gasteiger partial charge in [-0.1, -0.05) is 0 Å². The number of carbonyl (C=O) groups excluding carboxylic acids is 2. The van der Waals surface area contributed by atoms with Gasteiger partial charge in [0.25, 0.3) is 0 Å². The van der Waals surface area contributed by atoms with Gasteiger partial charge in [0.15, 0.2) is 16.2 Å². The van der Waals surface area contributed by atoms with E-state index in [2.05, 4.69) is 36.7 Å². The topological polar surface area (TPSA) is 106 Å². The van der Waals surface area contributed by atoms with Crippen LogP contribution in [-0.4, -0.2) is 28.5 Å². The Hall–Kier alpha value is -2.46. The lowest BCUT2D eigenvalue weighted by Gasteiger charge is -2.07. The molecule has 0 aliphatic carbocycles. The van der Waals surface area contributed by atoms with Crippen LogP contribution in [0.15, 0.2) is 27.5 Å². The molecule has 0 saturated heterocycles. The van der Waals surface area contributed by atoms with Gasteiger partial charge in [0.05, 0.1) is 12.0 Å². The van der Waals surface area contributed by atoms with E-state index >= 15 is 0 Å². The Labute approximate surface area is 154 Å². The Bertz CT molecular complexity index is 952. The van der Waals surface area contributed by atoms with Crippen molar-refractivity contribution in [1.29, 1.82) is 0 Å². The Balaban J connectivity index is 1.86. The molecule has 3 heterocycles. The second-order valence-corrected chi connectivity index (χ2v) is 6.64. The Kier molecular flexibility index (Phi) is 5.00. The maximum absolute atomic E-state index is 12.0. The van der Waals surface area contributed by atoms with Gasteiger partial charge in [0.2, 0.25) is 0 Å². The summed E-state index contributed by atoms with van der Waals surface area (Å²) in [6, 6.07) is 3.15. The number of fused-ring (bicyclic) bond motifs is 1. The van der Waals surface area contributed by atoms with E-state index in [1.54, 1.807) is 19.9 Å². The average molecular weight is 425 g/mol. The number of esters is 1. The number of ether oxygens (including phenoxy) is 1. The predicted octanol–water partition coefficient (Wildman–Crippen LogP) is 3.29. The molecule has 3 aromatic rings. The van der Waals surface area contributed by atoms with Crippen molar-refractivity contribution in [2.75, 3.05) is 12.0 Å². The number of hydrazine groups is 1. The number of furan rings is 1. The van der Waals surface area contributed by atoms with Crippen LogP contribution < -0.4 is 10.9 Å². The van der Waals surface area contributed by atoms with Crippen molar-refractivity contribution in [2.24, 2.45) is 0 Å². The number of carbonyl (C=O) groups is 2. The maximum Gasteiger partial charge on any atom is 0.348 e. The number of hydrogen-bond donors (Lipinski definition) is 2. The van der Waals surface area contributed by atoms with Gasteiger partial charge >= 0.3 is 11.9 Å². The van der Waals surface area contributed by atoms with E-state index in [1.165, 1.54) is 23.7 Å². The van der Waals surface area contributed by atoms with Crippen molar-refractivity contribution in [2.45, 2.75) is 13.8 Å². The van der Waals surface area contributed by atoms with E-state index in [0.717, 1.165) is 0 Å². The third-order valence-corrected chi connectivity index (χ3v) is 4.89. The molecule has 0 atom stereocenters. The summed E-state index contributed by atoms with van der Waals surface area (Å²) in [6.45, 7) is 3.82. The molecule has 10 heteroatoms. The highest BCUT2D eigenvalue weighted by molar-refractivity contribution is 9.10. The van der Waals surface area contributed by atoms with Crippen molar-refractivity contribution in [3.05, 3.63) is 39.3 Å². The van der Waals surface area contributed by atoms with Crippen LogP contribution in [0.2, 0.25) is 0 Å². The summed E-state index contributed by atoms with van der Waals surface area (Å²) in [4.78, 5) is 33.5. The molecule has 3 aromatic heterocycles. The first-order valence-corrected chi connectivity index (χ1v) is 8.85. The fourth-order valence-corrected chi connectivity index (χ4v) is 3.52. The first-order chi connectivity index (χ1) is 12.0. The van der Waals surface area contributed by atoms with Crippen LogP contribution in [0.4, 0.5) is 5.82 Å². The van der Waals surface area contributed by atoms with Gasteiger partial charge in [0, 0.05) is 0 Å². The summed E-state index contributed by atoms with van der Waals surface area (Å²) < 4.78 is 10.7. The SMILES string of the molecule is CCOC(=O)c1sc2ncnc(NNC(=O)c3ccc(Br)o3)c2c1C. The number of anilines is 1. The molecule has 130 valence electrons. The highest BCUT2D eigenvalue weighted by atomic mass is 79.9. The molecule has 0 aromatic carbocycles. The van der Waals surface area contributed by atoms with Gasteiger partial charge in [-0.25, -0.2) is 14.8 Å². The van der Waals surface area contributed by atoms with Crippen LogP contribution in [0.5, 0.6) is 0 Å². The highest BCUT2D eigenvalue weighted by Gasteiger charge is 2.20. The van der Waals surface area contributed by atoms with Crippen molar-refractivity contribution in [3.63, 3.8) is 0 Å². The number of halogens is 1. The monoisotopic (exact) mass is 424 g/mol. The minimum absolute atomic E-state index is 0.138. The number of rotatable bonds is 5. The quantitative estimate of drug-likeness (QED) is 0.477. The third kappa shape index (κ3) is 3.49. The Morgan fingerprint density at radius 2 is 2.16 bits per heavy atom. The molecule has 0 bridgehead atoms. The average Bonchev–Trinajstić information content (AvgIpc) is 3.17.